The molecule has 1 amide bonds. The van der Waals surface area contributed by atoms with Crippen LogP contribution in [0, 0.1) is 5.92 Å². The van der Waals surface area contributed by atoms with Crippen LogP contribution in [0.5, 0.6) is 0 Å². The van der Waals surface area contributed by atoms with Crippen LogP contribution in [-0.4, -0.2) is 31.4 Å². The minimum absolute atomic E-state index is 0.213. The Hall–Kier alpha value is -1.35. The molecule has 1 aromatic rings. The standard InChI is InChI=1S/C14H19NO.C2H7N/c1-3-12-9-14(16)15(10-12)11(2)13-7-5-4-6-8-13;1-3-2/h4-8,11-12H,3,9-10H2,1-2H3;3H,1-2H3/t11?,12-;/m0./s1. The minimum Gasteiger partial charge on any atom is -0.336 e. The fourth-order valence-electron chi connectivity index (χ4n) is 2.37. The molecule has 1 heterocycles. The Bertz CT molecular complexity index is 378. The zero-order valence-corrected chi connectivity index (χ0v) is 12.5. The molecule has 1 N–H and O–H groups in total. The number of rotatable bonds is 3. The molecule has 1 unspecified atom stereocenters. The van der Waals surface area contributed by atoms with Crippen LogP contribution < -0.4 is 5.32 Å². The van der Waals surface area contributed by atoms with Gasteiger partial charge in [-0.3, -0.25) is 4.79 Å². The van der Waals surface area contributed by atoms with Gasteiger partial charge in [-0.05, 0) is 32.5 Å². The summed E-state index contributed by atoms with van der Waals surface area (Å²) < 4.78 is 0. The van der Waals surface area contributed by atoms with Gasteiger partial charge in [-0.2, -0.15) is 0 Å². The maximum Gasteiger partial charge on any atom is 0.223 e. The summed E-state index contributed by atoms with van der Waals surface area (Å²) in [5, 5.41) is 2.75. The van der Waals surface area contributed by atoms with Crippen molar-refractivity contribution in [2.75, 3.05) is 20.6 Å². The number of nitrogens with zero attached hydrogens (tertiary/aromatic N) is 1. The summed E-state index contributed by atoms with van der Waals surface area (Å²) in [5.41, 5.74) is 1.23. The average Bonchev–Trinajstić information content (AvgIpc) is 2.81. The van der Waals surface area contributed by atoms with E-state index in [-0.39, 0.29) is 6.04 Å². The number of carbonyl (C=O) groups excluding carboxylic acids is 1. The van der Waals surface area contributed by atoms with Gasteiger partial charge in [-0.25, -0.2) is 0 Å². The second-order valence-corrected chi connectivity index (χ2v) is 5.11. The second-order valence-electron chi connectivity index (χ2n) is 5.11. The number of nitrogens with one attached hydrogen (secondary N) is 1. The highest BCUT2D eigenvalue weighted by atomic mass is 16.2. The first-order valence-corrected chi connectivity index (χ1v) is 7.06. The van der Waals surface area contributed by atoms with Crippen LogP contribution in [0.25, 0.3) is 0 Å². The van der Waals surface area contributed by atoms with E-state index in [1.807, 2.05) is 37.2 Å². The van der Waals surface area contributed by atoms with Crippen LogP contribution in [0.4, 0.5) is 0 Å². The highest BCUT2D eigenvalue weighted by Crippen LogP contribution is 2.29. The Kier molecular flexibility index (Phi) is 6.57. The zero-order chi connectivity index (χ0) is 14.3. The maximum atomic E-state index is 11.9. The lowest BCUT2D eigenvalue weighted by Gasteiger charge is -2.25. The first-order chi connectivity index (χ1) is 9.13. The van der Waals surface area contributed by atoms with Crippen molar-refractivity contribution in [3.63, 3.8) is 0 Å². The molecule has 1 aliphatic heterocycles. The Balaban J connectivity index is 0.000000550. The van der Waals surface area contributed by atoms with Crippen LogP contribution in [0.1, 0.15) is 38.3 Å². The van der Waals surface area contributed by atoms with Gasteiger partial charge < -0.3 is 10.2 Å². The van der Waals surface area contributed by atoms with Crippen molar-refractivity contribution in [2.45, 2.75) is 32.7 Å². The van der Waals surface area contributed by atoms with E-state index >= 15 is 0 Å². The van der Waals surface area contributed by atoms with E-state index in [0.29, 0.717) is 11.8 Å². The molecule has 19 heavy (non-hydrogen) atoms. The maximum absolute atomic E-state index is 11.9. The minimum atomic E-state index is 0.213. The Morgan fingerprint density at radius 2 is 1.89 bits per heavy atom. The van der Waals surface area contributed by atoms with Crippen molar-refractivity contribution < 1.29 is 4.79 Å². The lowest BCUT2D eigenvalue weighted by Crippen LogP contribution is -2.28. The fourth-order valence-corrected chi connectivity index (χ4v) is 2.37. The van der Waals surface area contributed by atoms with Crippen molar-refractivity contribution in [3.8, 4) is 0 Å². The molecule has 1 aliphatic rings. The zero-order valence-electron chi connectivity index (χ0n) is 12.5. The van der Waals surface area contributed by atoms with Crippen molar-refractivity contribution in [1.82, 2.24) is 10.2 Å². The van der Waals surface area contributed by atoms with E-state index in [2.05, 4.69) is 31.3 Å². The molecule has 2 rings (SSSR count). The summed E-state index contributed by atoms with van der Waals surface area (Å²) in [5.74, 6) is 0.863. The summed E-state index contributed by atoms with van der Waals surface area (Å²) in [6, 6.07) is 10.5. The predicted octanol–water partition coefficient (Wildman–Crippen LogP) is 2.84. The number of benzene rings is 1. The van der Waals surface area contributed by atoms with E-state index < -0.39 is 0 Å². The summed E-state index contributed by atoms with van der Waals surface area (Å²) in [4.78, 5) is 13.9. The first-order valence-electron chi connectivity index (χ1n) is 7.06. The van der Waals surface area contributed by atoms with Gasteiger partial charge in [-0.1, -0.05) is 43.7 Å². The molecular weight excluding hydrogens is 236 g/mol. The molecule has 0 aromatic heterocycles. The van der Waals surface area contributed by atoms with Crippen LogP contribution in [-0.2, 0) is 4.79 Å². The summed E-state index contributed by atoms with van der Waals surface area (Å²) in [6.07, 6.45) is 1.83. The van der Waals surface area contributed by atoms with Crippen LogP contribution in [0.2, 0.25) is 0 Å². The second kappa shape index (κ2) is 7.95. The lowest BCUT2D eigenvalue weighted by molar-refractivity contribution is -0.129. The molecule has 3 heteroatoms. The van der Waals surface area contributed by atoms with Gasteiger partial charge in [-0.15, -0.1) is 0 Å². The predicted molar refractivity (Wildman–Crippen MR) is 80.0 cm³/mol. The fraction of sp³-hybridized carbons (Fsp3) is 0.562. The molecule has 0 aliphatic carbocycles. The van der Waals surface area contributed by atoms with Gasteiger partial charge in [0.25, 0.3) is 0 Å². The van der Waals surface area contributed by atoms with Crippen molar-refractivity contribution >= 4 is 5.91 Å². The van der Waals surface area contributed by atoms with Gasteiger partial charge in [0.15, 0.2) is 0 Å². The van der Waals surface area contributed by atoms with Crippen LogP contribution in [0.15, 0.2) is 30.3 Å². The molecular formula is C16H26N2O. The quantitative estimate of drug-likeness (QED) is 0.908. The number of carbonyl (C=O) groups is 1. The molecule has 0 spiro atoms. The first kappa shape index (κ1) is 15.7. The molecule has 3 nitrogen and oxygen atoms in total. The molecule has 0 bridgehead atoms. The highest BCUT2D eigenvalue weighted by molar-refractivity contribution is 5.79. The number of amides is 1. The molecule has 1 saturated heterocycles. The monoisotopic (exact) mass is 262 g/mol. The Morgan fingerprint density at radius 3 is 2.37 bits per heavy atom. The Labute approximate surface area is 117 Å². The molecule has 106 valence electrons. The number of hydrogen-bond acceptors (Lipinski definition) is 2. The number of likely N-dealkylation sites (tertiary alicyclic amines) is 1. The smallest absolute Gasteiger partial charge is 0.223 e. The van der Waals surface area contributed by atoms with Crippen LogP contribution >= 0.6 is 0 Å². The lowest BCUT2D eigenvalue weighted by atomic mass is 10.1. The average molecular weight is 262 g/mol. The van der Waals surface area contributed by atoms with E-state index in [1.165, 1.54) is 5.56 Å². The SMILES string of the molecule is CC[C@H]1CC(=O)N(C(C)c2ccccc2)C1.CNC. The van der Waals surface area contributed by atoms with E-state index in [0.717, 1.165) is 19.4 Å². The summed E-state index contributed by atoms with van der Waals surface area (Å²) in [6.45, 7) is 5.20. The van der Waals surface area contributed by atoms with Gasteiger partial charge in [0, 0.05) is 13.0 Å². The van der Waals surface area contributed by atoms with E-state index in [9.17, 15) is 4.79 Å². The largest absolute Gasteiger partial charge is 0.336 e. The third kappa shape index (κ3) is 4.35. The van der Waals surface area contributed by atoms with Crippen molar-refractivity contribution in [1.29, 1.82) is 0 Å². The van der Waals surface area contributed by atoms with Crippen molar-refractivity contribution in [2.24, 2.45) is 5.92 Å². The molecule has 1 fully saturated rings. The van der Waals surface area contributed by atoms with Gasteiger partial charge in [0.05, 0.1) is 6.04 Å². The third-order valence-corrected chi connectivity index (χ3v) is 3.57. The van der Waals surface area contributed by atoms with E-state index in [4.69, 9.17) is 0 Å². The number of hydrogen-bond donors (Lipinski definition) is 1. The molecule has 2 atom stereocenters. The summed E-state index contributed by atoms with van der Waals surface area (Å²) >= 11 is 0. The summed E-state index contributed by atoms with van der Waals surface area (Å²) in [7, 11) is 3.75. The molecule has 1 aromatic carbocycles. The van der Waals surface area contributed by atoms with Crippen LogP contribution in [0.3, 0.4) is 0 Å². The highest BCUT2D eigenvalue weighted by Gasteiger charge is 2.31. The van der Waals surface area contributed by atoms with Crippen molar-refractivity contribution in [3.05, 3.63) is 35.9 Å². The topological polar surface area (TPSA) is 32.3 Å². The normalized spacial score (nSPS) is 19.9. The molecule has 0 saturated carbocycles. The Morgan fingerprint density at radius 1 is 1.32 bits per heavy atom. The third-order valence-electron chi connectivity index (χ3n) is 3.57. The van der Waals surface area contributed by atoms with Gasteiger partial charge in [0.1, 0.15) is 0 Å². The van der Waals surface area contributed by atoms with E-state index in [1.54, 1.807) is 0 Å². The van der Waals surface area contributed by atoms with Gasteiger partial charge in [0.2, 0.25) is 5.91 Å². The van der Waals surface area contributed by atoms with Gasteiger partial charge >= 0.3 is 0 Å². The molecule has 0 radical (unpaired) electrons.